The van der Waals surface area contributed by atoms with Crippen molar-refractivity contribution in [3.63, 3.8) is 0 Å². The van der Waals surface area contributed by atoms with Crippen molar-refractivity contribution in [2.45, 2.75) is 39.2 Å². The van der Waals surface area contributed by atoms with Gasteiger partial charge in [0.05, 0.1) is 5.60 Å². The van der Waals surface area contributed by atoms with Gasteiger partial charge in [-0.25, -0.2) is 0 Å². The highest BCUT2D eigenvalue weighted by molar-refractivity contribution is 5.21. The first-order valence-corrected chi connectivity index (χ1v) is 5.42. The van der Waals surface area contributed by atoms with E-state index in [1.54, 1.807) is 0 Å². The molecule has 0 fully saturated rings. The molecule has 0 aliphatic carbocycles. The second kappa shape index (κ2) is 5.16. The summed E-state index contributed by atoms with van der Waals surface area (Å²) in [4.78, 5) is 0. The molecule has 1 heteroatoms. The summed E-state index contributed by atoms with van der Waals surface area (Å²) in [5.41, 5.74) is 1.16. The van der Waals surface area contributed by atoms with E-state index in [-0.39, 0.29) is 5.60 Å². The maximum atomic E-state index is 5.91. The molecule has 14 heavy (non-hydrogen) atoms. The van der Waals surface area contributed by atoms with E-state index in [9.17, 15) is 0 Å². The van der Waals surface area contributed by atoms with E-state index in [0.29, 0.717) is 0 Å². The van der Waals surface area contributed by atoms with Crippen molar-refractivity contribution >= 4 is 0 Å². The van der Waals surface area contributed by atoms with Crippen LogP contribution in [0.15, 0.2) is 30.3 Å². The Labute approximate surface area is 87.1 Å². The Bertz CT molecular complexity index is 255. The molecule has 0 amide bonds. The highest BCUT2D eigenvalue weighted by atomic mass is 16.5. The number of hydrogen-bond acceptors (Lipinski definition) is 1. The molecule has 0 N–H and O–H groups in total. The third kappa shape index (κ3) is 2.58. The summed E-state index contributed by atoms with van der Waals surface area (Å²) < 4.78 is 5.91. The zero-order valence-electron chi connectivity index (χ0n) is 9.42. The topological polar surface area (TPSA) is 9.23 Å². The smallest absolute Gasteiger partial charge is 0.0900 e. The van der Waals surface area contributed by atoms with E-state index in [2.05, 4.69) is 45.0 Å². The lowest BCUT2D eigenvalue weighted by molar-refractivity contribution is -0.0389. The van der Waals surface area contributed by atoms with Crippen LogP contribution in [0.2, 0.25) is 0 Å². The third-order valence-corrected chi connectivity index (χ3v) is 2.68. The summed E-state index contributed by atoms with van der Waals surface area (Å²) in [6.07, 6.45) is 2.08. The molecule has 1 aromatic carbocycles. The summed E-state index contributed by atoms with van der Waals surface area (Å²) in [6.45, 7) is 7.31. The molecule has 78 valence electrons. The van der Waals surface area contributed by atoms with Crippen LogP contribution in [-0.2, 0) is 10.3 Å². The van der Waals surface area contributed by atoms with Gasteiger partial charge in [0.15, 0.2) is 0 Å². The molecule has 1 unspecified atom stereocenters. The normalized spacial score (nSPS) is 15.1. The quantitative estimate of drug-likeness (QED) is 0.690. The number of benzene rings is 1. The first kappa shape index (κ1) is 11.3. The summed E-state index contributed by atoms with van der Waals surface area (Å²) in [6, 6.07) is 10.5. The van der Waals surface area contributed by atoms with Crippen molar-refractivity contribution in [3.05, 3.63) is 35.9 Å². The van der Waals surface area contributed by atoms with Crippen molar-refractivity contribution in [2.24, 2.45) is 0 Å². The SMILES string of the molecule is CCCOC(C)(CC)c1ccccc1. The summed E-state index contributed by atoms with van der Waals surface area (Å²) >= 11 is 0. The fourth-order valence-electron chi connectivity index (χ4n) is 1.51. The minimum Gasteiger partial charge on any atom is -0.371 e. The molecular formula is C13H20O. The predicted octanol–water partition coefficient (Wildman–Crippen LogP) is 3.74. The van der Waals surface area contributed by atoms with Gasteiger partial charge in [-0.1, -0.05) is 44.2 Å². The molecule has 1 aromatic rings. The Morgan fingerprint density at radius 3 is 2.29 bits per heavy atom. The number of hydrogen-bond donors (Lipinski definition) is 0. The lowest BCUT2D eigenvalue weighted by Crippen LogP contribution is -2.25. The molecule has 0 aliphatic heterocycles. The monoisotopic (exact) mass is 192 g/mol. The predicted molar refractivity (Wildman–Crippen MR) is 60.3 cm³/mol. The Hall–Kier alpha value is -0.820. The lowest BCUT2D eigenvalue weighted by atomic mass is 9.93. The highest BCUT2D eigenvalue weighted by Gasteiger charge is 2.24. The van der Waals surface area contributed by atoms with Crippen molar-refractivity contribution in [2.75, 3.05) is 6.61 Å². The van der Waals surface area contributed by atoms with Gasteiger partial charge in [0, 0.05) is 6.61 Å². The van der Waals surface area contributed by atoms with Crippen molar-refractivity contribution in [3.8, 4) is 0 Å². The third-order valence-electron chi connectivity index (χ3n) is 2.68. The van der Waals surface area contributed by atoms with Crippen LogP contribution in [0.1, 0.15) is 39.2 Å². The Balaban J connectivity index is 2.79. The van der Waals surface area contributed by atoms with Gasteiger partial charge in [0.2, 0.25) is 0 Å². The fourth-order valence-corrected chi connectivity index (χ4v) is 1.51. The summed E-state index contributed by atoms with van der Waals surface area (Å²) in [7, 11) is 0. The Morgan fingerprint density at radius 1 is 1.14 bits per heavy atom. The number of rotatable bonds is 5. The van der Waals surface area contributed by atoms with Crippen LogP contribution in [0.25, 0.3) is 0 Å². The molecule has 0 aliphatic rings. The number of ether oxygens (including phenoxy) is 1. The van der Waals surface area contributed by atoms with Crippen molar-refractivity contribution < 1.29 is 4.74 Å². The molecular weight excluding hydrogens is 172 g/mol. The molecule has 0 heterocycles. The molecule has 1 nitrogen and oxygen atoms in total. The first-order chi connectivity index (χ1) is 6.73. The van der Waals surface area contributed by atoms with Crippen LogP contribution in [0.5, 0.6) is 0 Å². The highest BCUT2D eigenvalue weighted by Crippen LogP contribution is 2.28. The van der Waals surface area contributed by atoms with Crippen LogP contribution < -0.4 is 0 Å². The molecule has 0 bridgehead atoms. The van der Waals surface area contributed by atoms with Crippen LogP contribution >= 0.6 is 0 Å². The van der Waals surface area contributed by atoms with Crippen LogP contribution in [0.4, 0.5) is 0 Å². The molecule has 0 radical (unpaired) electrons. The van der Waals surface area contributed by atoms with Gasteiger partial charge in [0.1, 0.15) is 0 Å². The van der Waals surface area contributed by atoms with Gasteiger partial charge in [-0.2, -0.15) is 0 Å². The van der Waals surface area contributed by atoms with Crippen LogP contribution in [0, 0.1) is 0 Å². The van der Waals surface area contributed by atoms with Gasteiger partial charge in [0.25, 0.3) is 0 Å². The molecule has 1 atom stereocenters. The minimum atomic E-state index is -0.114. The van der Waals surface area contributed by atoms with Gasteiger partial charge in [-0.15, -0.1) is 0 Å². The average molecular weight is 192 g/mol. The molecule has 0 saturated carbocycles. The molecule has 1 rings (SSSR count). The fraction of sp³-hybridized carbons (Fsp3) is 0.538. The van der Waals surface area contributed by atoms with Crippen LogP contribution in [0.3, 0.4) is 0 Å². The largest absolute Gasteiger partial charge is 0.371 e. The van der Waals surface area contributed by atoms with Gasteiger partial charge in [-0.05, 0) is 25.3 Å². The van der Waals surface area contributed by atoms with Crippen molar-refractivity contribution in [1.29, 1.82) is 0 Å². The van der Waals surface area contributed by atoms with E-state index >= 15 is 0 Å². The average Bonchev–Trinajstić information content (AvgIpc) is 2.27. The van der Waals surface area contributed by atoms with E-state index in [1.165, 1.54) is 5.56 Å². The van der Waals surface area contributed by atoms with E-state index in [1.807, 2.05) is 6.07 Å². The van der Waals surface area contributed by atoms with Crippen molar-refractivity contribution in [1.82, 2.24) is 0 Å². The van der Waals surface area contributed by atoms with Gasteiger partial charge >= 0.3 is 0 Å². The Morgan fingerprint density at radius 2 is 1.79 bits per heavy atom. The first-order valence-electron chi connectivity index (χ1n) is 5.42. The molecule has 0 saturated heterocycles. The lowest BCUT2D eigenvalue weighted by Gasteiger charge is -2.29. The van der Waals surface area contributed by atoms with Crippen LogP contribution in [-0.4, -0.2) is 6.61 Å². The van der Waals surface area contributed by atoms with E-state index in [4.69, 9.17) is 4.74 Å². The second-order valence-corrected chi connectivity index (χ2v) is 3.80. The molecule has 0 spiro atoms. The van der Waals surface area contributed by atoms with E-state index < -0.39 is 0 Å². The molecule has 0 aromatic heterocycles. The summed E-state index contributed by atoms with van der Waals surface area (Å²) in [5.74, 6) is 0. The maximum absolute atomic E-state index is 5.91. The zero-order valence-corrected chi connectivity index (χ0v) is 9.42. The maximum Gasteiger partial charge on any atom is 0.0900 e. The second-order valence-electron chi connectivity index (χ2n) is 3.80. The minimum absolute atomic E-state index is 0.114. The van der Waals surface area contributed by atoms with Gasteiger partial charge in [-0.3, -0.25) is 0 Å². The van der Waals surface area contributed by atoms with E-state index in [0.717, 1.165) is 19.4 Å². The Kier molecular flexibility index (Phi) is 4.15. The van der Waals surface area contributed by atoms with Gasteiger partial charge < -0.3 is 4.74 Å². The summed E-state index contributed by atoms with van der Waals surface area (Å²) in [5, 5.41) is 0. The zero-order chi connectivity index (χ0) is 10.4. The standard InChI is InChI=1S/C13H20O/c1-4-11-14-13(3,5-2)12-9-7-6-8-10-12/h6-10H,4-5,11H2,1-3H3.